The van der Waals surface area contributed by atoms with E-state index in [1.165, 1.54) is 16.8 Å². The largest absolute Gasteiger partial charge is 0.415 e. The maximum absolute atomic E-state index is 14.0. The fraction of sp³-hybridized carbons (Fsp3) is 0.273. The number of ether oxygens (including phenoxy) is 1. The molecule has 5 rings (SSSR count). The summed E-state index contributed by atoms with van der Waals surface area (Å²) in [5.41, 5.74) is -0.403. The van der Waals surface area contributed by atoms with E-state index in [0.29, 0.717) is 15.9 Å². The summed E-state index contributed by atoms with van der Waals surface area (Å²) in [4.78, 5) is 21.2. The van der Waals surface area contributed by atoms with E-state index >= 15 is 0 Å². The molecule has 4 aromatic heterocycles. The fourth-order valence-corrected chi connectivity index (χ4v) is 4.55. The third-order valence-corrected chi connectivity index (χ3v) is 6.12. The van der Waals surface area contributed by atoms with E-state index in [4.69, 9.17) is 0 Å². The summed E-state index contributed by atoms with van der Waals surface area (Å²) >= 11 is 0. The molecule has 2 atom stereocenters. The van der Waals surface area contributed by atoms with Crippen molar-refractivity contribution < 1.29 is 31.5 Å². The predicted octanol–water partition coefficient (Wildman–Crippen LogP) is 3.76. The van der Waals surface area contributed by atoms with Gasteiger partial charge in [0.1, 0.15) is 11.6 Å². The first kappa shape index (κ1) is 24.1. The number of amides is 1. The van der Waals surface area contributed by atoms with Gasteiger partial charge in [-0.2, -0.15) is 32.3 Å². The number of nitrogens with zero attached hydrogens (tertiary/aromatic N) is 7. The summed E-state index contributed by atoms with van der Waals surface area (Å²) in [6, 6.07) is 5.25. The predicted molar refractivity (Wildman–Crippen MR) is 114 cm³/mol. The summed E-state index contributed by atoms with van der Waals surface area (Å²) in [6.07, 6.45) is 3.55. The van der Waals surface area contributed by atoms with Crippen molar-refractivity contribution in [3.63, 3.8) is 0 Å². The van der Waals surface area contributed by atoms with Crippen LogP contribution in [0.25, 0.3) is 5.65 Å². The van der Waals surface area contributed by atoms with E-state index in [1.807, 2.05) is 0 Å². The average Bonchev–Trinajstić information content (AvgIpc) is 3.55. The Balaban J connectivity index is 1.54. The second-order valence-corrected chi connectivity index (χ2v) is 8.40. The minimum Gasteiger partial charge on any atom is -0.415 e. The number of carbonyl (C=O) groups is 1. The van der Waals surface area contributed by atoms with Crippen LogP contribution in [-0.2, 0) is 10.2 Å². The van der Waals surface area contributed by atoms with E-state index in [-0.39, 0.29) is 29.0 Å². The van der Waals surface area contributed by atoms with E-state index in [0.717, 1.165) is 24.5 Å². The van der Waals surface area contributed by atoms with Gasteiger partial charge in [0.2, 0.25) is 17.7 Å². The molecule has 10 nitrogen and oxygen atoms in total. The Bertz CT molecular complexity index is 1560. The zero-order valence-corrected chi connectivity index (χ0v) is 18.7. The number of halogens is 5. The van der Waals surface area contributed by atoms with Gasteiger partial charge in [-0.25, -0.2) is 19.2 Å². The van der Waals surface area contributed by atoms with Crippen LogP contribution in [0.4, 0.5) is 27.6 Å². The number of hydrogen-bond acceptors (Lipinski definition) is 7. The van der Waals surface area contributed by atoms with Crippen LogP contribution in [0.5, 0.6) is 5.88 Å². The van der Waals surface area contributed by atoms with Crippen molar-refractivity contribution in [1.29, 1.82) is 5.26 Å². The normalized spacial score (nSPS) is 18.8. The molecule has 0 bridgehead atoms. The van der Waals surface area contributed by atoms with E-state index in [2.05, 4.69) is 30.2 Å². The van der Waals surface area contributed by atoms with Gasteiger partial charge < -0.3 is 10.1 Å². The number of anilines is 1. The highest BCUT2D eigenvalue weighted by Crippen LogP contribution is 2.49. The molecule has 1 aliphatic carbocycles. The zero-order chi connectivity index (χ0) is 26.5. The lowest BCUT2D eigenvalue weighted by molar-refractivity contribution is -0.117. The third kappa shape index (κ3) is 4.09. The Labute approximate surface area is 204 Å². The van der Waals surface area contributed by atoms with Gasteiger partial charge in [-0.3, -0.25) is 4.79 Å². The lowest BCUT2D eigenvalue weighted by Crippen LogP contribution is -2.26. The molecule has 0 saturated carbocycles. The average molecular weight is 518 g/mol. The van der Waals surface area contributed by atoms with Crippen LogP contribution in [0.3, 0.4) is 0 Å². The second kappa shape index (κ2) is 8.80. The molecule has 0 spiro atoms. The molecule has 0 aliphatic heterocycles. The first-order chi connectivity index (χ1) is 17.6. The van der Waals surface area contributed by atoms with Crippen molar-refractivity contribution in [3.8, 4) is 11.9 Å². The minimum atomic E-state index is -3.20. The van der Waals surface area contributed by atoms with Gasteiger partial charge in [0.25, 0.3) is 0 Å². The van der Waals surface area contributed by atoms with Crippen LogP contribution in [-0.4, -0.2) is 41.9 Å². The molecule has 190 valence electrons. The van der Waals surface area contributed by atoms with Crippen LogP contribution in [0, 0.1) is 17.3 Å². The SMILES string of the molecule is C[C@]1(c2ccn(C(F)F)n2)C[C@@H](C(=O)Nc2cnc(OC(F)F)c(C#N)c2)c2cnc3cc(F)nn3c21. The second-order valence-electron chi connectivity index (χ2n) is 8.40. The number of carbonyl (C=O) groups excluding carboxylic acids is 1. The van der Waals surface area contributed by atoms with Gasteiger partial charge >= 0.3 is 13.2 Å². The minimum absolute atomic E-state index is 0.0273. The monoisotopic (exact) mass is 518 g/mol. The molecule has 0 unspecified atom stereocenters. The van der Waals surface area contributed by atoms with Gasteiger partial charge in [0, 0.05) is 24.0 Å². The fourth-order valence-electron chi connectivity index (χ4n) is 4.55. The Morgan fingerprint density at radius 1 is 1.24 bits per heavy atom. The van der Waals surface area contributed by atoms with Crippen LogP contribution < -0.4 is 10.1 Å². The summed E-state index contributed by atoms with van der Waals surface area (Å²) < 4.78 is 71.4. The Kier molecular flexibility index (Phi) is 5.73. The van der Waals surface area contributed by atoms with Crippen molar-refractivity contribution in [3.05, 3.63) is 65.3 Å². The maximum atomic E-state index is 14.0. The van der Waals surface area contributed by atoms with Crippen molar-refractivity contribution in [2.45, 2.75) is 37.8 Å². The molecule has 1 amide bonds. The topological polar surface area (TPSA) is 123 Å². The number of rotatable bonds is 6. The number of pyridine rings is 1. The molecule has 0 aromatic carbocycles. The molecule has 37 heavy (non-hydrogen) atoms. The molecule has 0 fully saturated rings. The third-order valence-electron chi connectivity index (χ3n) is 6.12. The van der Waals surface area contributed by atoms with Crippen LogP contribution >= 0.6 is 0 Å². The summed E-state index contributed by atoms with van der Waals surface area (Å²) in [7, 11) is 0. The molecule has 1 N–H and O–H groups in total. The standard InChI is InChI=1S/C22H15F5N8O2/c1-22(14-2-3-34(32-14)20(24)25)6-12(13-9-29-16-5-15(23)33-35(16)17(13)22)18(36)31-11-4-10(7-28)19(30-8-11)37-21(26)27/h2-5,8-9,12,20-21H,6H2,1H3,(H,31,36)/t12-,22-/m1/s1. The van der Waals surface area contributed by atoms with Gasteiger partial charge in [0.15, 0.2) is 5.65 Å². The van der Waals surface area contributed by atoms with E-state index < -0.39 is 42.2 Å². The number of alkyl halides is 4. The number of hydrogen-bond donors (Lipinski definition) is 1. The smallest absolute Gasteiger partial charge is 0.388 e. The summed E-state index contributed by atoms with van der Waals surface area (Å²) in [5, 5.41) is 19.6. The highest BCUT2D eigenvalue weighted by atomic mass is 19.3. The number of aromatic nitrogens is 6. The number of nitriles is 1. The van der Waals surface area contributed by atoms with Gasteiger partial charge in [-0.1, -0.05) is 0 Å². The highest BCUT2D eigenvalue weighted by molar-refractivity contribution is 5.97. The Morgan fingerprint density at radius 3 is 2.70 bits per heavy atom. The zero-order valence-electron chi connectivity index (χ0n) is 18.7. The van der Waals surface area contributed by atoms with Gasteiger partial charge in [-0.15, -0.1) is 5.10 Å². The quantitative estimate of drug-likeness (QED) is 0.386. The first-order valence-electron chi connectivity index (χ1n) is 10.6. The molecular formula is C22H15F5N8O2. The van der Waals surface area contributed by atoms with Crippen molar-refractivity contribution in [2.75, 3.05) is 5.32 Å². The molecule has 0 radical (unpaired) electrons. The summed E-state index contributed by atoms with van der Waals surface area (Å²) in [6.45, 7) is -4.42. The van der Waals surface area contributed by atoms with E-state index in [9.17, 15) is 32.0 Å². The van der Waals surface area contributed by atoms with Gasteiger partial charge in [-0.05, 0) is 25.5 Å². The highest BCUT2D eigenvalue weighted by Gasteiger charge is 2.48. The van der Waals surface area contributed by atoms with Gasteiger partial charge in [0.05, 0.1) is 34.6 Å². The lowest BCUT2D eigenvalue weighted by Gasteiger charge is -2.23. The van der Waals surface area contributed by atoms with Crippen molar-refractivity contribution >= 4 is 17.2 Å². The Morgan fingerprint density at radius 2 is 2.03 bits per heavy atom. The first-order valence-corrected chi connectivity index (χ1v) is 10.6. The number of nitrogens with one attached hydrogen (secondary N) is 1. The molecule has 4 heterocycles. The molecular weight excluding hydrogens is 503 g/mol. The van der Waals surface area contributed by atoms with Crippen LogP contribution in [0.15, 0.2) is 36.8 Å². The molecule has 4 aromatic rings. The molecule has 1 aliphatic rings. The molecule has 15 heteroatoms. The van der Waals surface area contributed by atoms with E-state index in [1.54, 1.807) is 13.0 Å². The van der Waals surface area contributed by atoms with Crippen molar-refractivity contribution in [1.82, 2.24) is 29.4 Å². The van der Waals surface area contributed by atoms with Crippen molar-refractivity contribution in [2.24, 2.45) is 0 Å². The molecule has 0 saturated heterocycles. The van der Waals surface area contributed by atoms with Crippen LogP contribution in [0.2, 0.25) is 0 Å². The number of fused-ring (bicyclic) bond motifs is 3. The summed E-state index contributed by atoms with van der Waals surface area (Å²) in [5.74, 6) is -2.95. The lowest BCUT2D eigenvalue weighted by atomic mass is 9.82. The Hall–Kier alpha value is -4.61. The van der Waals surface area contributed by atoms with Crippen LogP contribution in [0.1, 0.15) is 48.3 Å². The maximum Gasteiger partial charge on any atom is 0.388 e.